The van der Waals surface area contributed by atoms with Crippen molar-refractivity contribution >= 4 is 0 Å². The number of benzene rings is 1. The minimum absolute atomic E-state index is 0.174. The highest BCUT2D eigenvalue weighted by Gasteiger charge is 2.31. The molecule has 0 saturated heterocycles. The summed E-state index contributed by atoms with van der Waals surface area (Å²) in [5.74, 6) is -0.781. The van der Waals surface area contributed by atoms with Gasteiger partial charge in [0.25, 0.3) is 0 Å². The lowest BCUT2D eigenvalue weighted by Crippen LogP contribution is -2.25. The second-order valence-electron chi connectivity index (χ2n) is 9.00. The van der Waals surface area contributed by atoms with Crippen LogP contribution in [0.4, 0.5) is 13.2 Å². The van der Waals surface area contributed by atoms with E-state index in [9.17, 15) is 13.2 Å². The highest BCUT2D eigenvalue weighted by Crippen LogP contribution is 2.44. The average molecular weight is 393 g/mol. The molecule has 2 saturated carbocycles. The van der Waals surface area contributed by atoms with Gasteiger partial charge in [0, 0.05) is 0 Å². The summed E-state index contributed by atoms with van der Waals surface area (Å²) in [6.45, 7) is 2.18. The van der Waals surface area contributed by atoms with Crippen LogP contribution in [0.25, 0.3) is 0 Å². The molecule has 1 aromatic carbocycles. The molecule has 0 nitrogen and oxygen atoms in total. The molecule has 0 bridgehead atoms. The van der Waals surface area contributed by atoms with E-state index in [0.717, 1.165) is 49.9 Å². The monoisotopic (exact) mass is 392 g/mol. The standard InChI is InChI=1S/C25H35F3/c1-2-3-4-5-6-7-18-8-10-19(11-9-18)20-12-14-21(15-13-20)22-16-23(26)25(28)24(27)17-22/h3-4,16-21H,2,5-15H2,1H3/b4-3+. The Morgan fingerprint density at radius 3 is 1.96 bits per heavy atom. The average Bonchev–Trinajstić information content (AvgIpc) is 2.72. The van der Waals surface area contributed by atoms with Crippen LogP contribution < -0.4 is 0 Å². The largest absolute Gasteiger partial charge is 0.204 e. The van der Waals surface area contributed by atoms with Gasteiger partial charge in [0.2, 0.25) is 0 Å². The number of rotatable bonds is 7. The lowest BCUT2D eigenvalue weighted by Gasteiger charge is -2.38. The van der Waals surface area contributed by atoms with E-state index < -0.39 is 17.5 Å². The van der Waals surface area contributed by atoms with E-state index in [2.05, 4.69) is 19.1 Å². The molecule has 3 heteroatoms. The first kappa shape index (κ1) is 21.5. The molecule has 3 rings (SSSR count). The van der Waals surface area contributed by atoms with Crippen molar-refractivity contribution in [1.82, 2.24) is 0 Å². The van der Waals surface area contributed by atoms with Gasteiger partial charge in [-0.05, 0) is 99.2 Å². The minimum atomic E-state index is -1.35. The summed E-state index contributed by atoms with van der Waals surface area (Å²) in [6.07, 6.45) is 19.3. The van der Waals surface area contributed by atoms with Gasteiger partial charge in [0.05, 0.1) is 0 Å². The number of hydrogen-bond acceptors (Lipinski definition) is 0. The fourth-order valence-electron chi connectivity index (χ4n) is 5.49. The normalized spacial score (nSPS) is 28.7. The SMILES string of the molecule is CC/C=C/CCCC1CCC(C2CCC(c3cc(F)c(F)c(F)c3)CC2)CC1. The van der Waals surface area contributed by atoms with Crippen LogP contribution in [-0.2, 0) is 0 Å². The van der Waals surface area contributed by atoms with E-state index in [-0.39, 0.29) is 5.92 Å². The Balaban J connectivity index is 1.41. The molecule has 156 valence electrons. The first-order chi connectivity index (χ1) is 13.6. The van der Waals surface area contributed by atoms with Crippen molar-refractivity contribution in [2.75, 3.05) is 0 Å². The van der Waals surface area contributed by atoms with Crippen LogP contribution in [-0.4, -0.2) is 0 Å². The minimum Gasteiger partial charge on any atom is -0.204 e. The third-order valence-electron chi connectivity index (χ3n) is 7.19. The fourth-order valence-corrected chi connectivity index (χ4v) is 5.49. The smallest absolute Gasteiger partial charge is 0.194 e. The van der Waals surface area contributed by atoms with Gasteiger partial charge in [-0.15, -0.1) is 0 Å². The van der Waals surface area contributed by atoms with Crippen LogP contribution in [0.15, 0.2) is 24.3 Å². The van der Waals surface area contributed by atoms with E-state index in [1.54, 1.807) is 0 Å². The first-order valence-electron chi connectivity index (χ1n) is 11.4. The summed E-state index contributed by atoms with van der Waals surface area (Å²) in [4.78, 5) is 0. The summed E-state index contributed by atoms with van der Waals surface area (Å²) in [7, 11) is 0. The molecular weight excluding hydrogens is 357 g/mol. The van der Waals surface area contributed by atoms with Gasteiger partial charge in [-0.3, -0.25) is 0 Å². The second-order valence-corrected chi connectivity index (χ2v) is 9.00. The molecule has 0 aromatic heterocycles. The summed E-state index contributed by atoms with van der Waals surface area (Å²) < 4.78 is 40.3. The van der Waals surface area contributed by atoms with Crippen molar-refractivity contribution in [3.63, 3.8) is 0 Å². The zero-order valence-corrected chi connectivity index (χ0v) is 17.2. The van der Waals surface area contributed by atoms with Crippen LogP contribution in [0.1, 0.15) is 95.5 Å². The van der Waals surface area contributed by atoms with E-state index in [4.69, 9.17) is 0 Å². The molecule has 0 spiro atoms. The van der Waals surface area contributed by atoms with Crippen molar-refractivity contribution in [3.8, 4) is 0 Å². The van der Waals surface area contributed by atoms with E-state index in [1.807, 2.05) is 0 Å². The Morgan fingerprint density at radius 1 is 0.821 bits per heavy atom. The predicted molar refractivity (Wildman–Crippen MR) is 110 cm³/mol. The molecule has 0 amide bonds. The Kier molecular flexibility index (Phi) is 8.05. The summed E-state index contributed by atoms with van der Waals surface area (Å²) in [5, 5.41) is 0. The maximum atomic E-state index is 13.5. The molecule has 0 unspecified atom stereocenters. The molecular formula is C25H35F3. The van der Waals surface area contributed by atoms with Crippen LogP contribution in [0.5, 0.6) is 0 Å². The highest BCUT2D eigenvalue weighted by atomic mass is 19.2. The van der Waals surface area contributed by atoms with Crippen LogP contribution in [0, 0.1) is 35.2 Å². The van der Waals surface area contributed by atoms with Gasteiger partial charge < -0.3 is 0 Å². The zero-order valence-electron chi connectivity index (χ0n) is 17.2. The van der Waals surface area contributed by atoms with E-state index in [1.165, 1.54) is 57.1 Å². The molecule has 0 N–H and O–H groups in total. The summed E-state index contributed by atoms with van der Waals surface area (Å²) in [5.41, 5.74) is 0.635. The van der Waals surface area contributed by atoms with Gasteiger partial charge in [-0.2, -0.15) is 0 Å². The third kappa shape index (κ3) is 5.64. The van der Waals surface area contributed by atoms with Crippen LogP contribution >= 0.6 is 0 Å². The van der Waals surface area contributed by atoms with E-state index in [0.29, 0.717) is 5.56 Å². The first-order valence-corrected chi connectivity index (χ1v) is 11.4. The molecule has 0 heterocycles. The predicted octanol–water partition coefficient (Wildman–Crippen LogP) is 8.32. The zero-order chi connectivity index (χ0) is 19.9. The Hall–Kier alpha value is -1.25. The Morgan fingerprint density at radius 2 is 1.39 bits per heavy atom. The number of halogens is 3. The van der Waals surface area contributed by atoms with Crippen molar-refractivity contribution in [2.24, 2.45) is 17.8 Å². The van der Waals surface area contributed by atoms with Crippen molar-refractivity contribution in [3.05, 3.63) is 47.3 Å². The molecule has 2 aliphatic carbocycles. The summed E-state index contributed by atoms with van der Waals surface area (Å²) >= 11 is 0. The summed E-state index contributed by atoms with van der Waals surface area (Å²) in [6, 6.07) is 2.40. The quantitative estimate of drug-likeness (QED) is 0.248. The van der Waals surface area contributed by atoms with Gasteiger partial charge in [0.1, 0.15) is 0 Å². The molecule has 0 aliphatic heterocycles. The highest BCUT2D eigenvalue weighted by molar-refractivity contribution is 5.23. The molecule has 0 atom stereocenters. The number of unbranched alkanes of at least 4 members (excludes halogenated alkanes) is 1. The second kappa shape index (κ2) is 10.5. The van der Waals surface area contributed by atoms with Crippen molar-refractivity contribution in [2.45, 2.75) is 89.9 Å². The molecule has 28 heavy (non-hydrogen) atoms. The topological polar surface area (TPSA) is 0 Å². The Labute approximate surface area is 168 Å². The van der Waals surface area contributed by atoms with Crippen molar-refractivity contribution in [1.29, 1.82) is 0 Å². The van der Waals surface area contributed by atoms with Gasteiger partial charge >= 0.3 is 0 Å². The fraction of sp³-hybridized carbons (Fsp3) is 0.680. The maximum absolute atomic E-state index is 13.5. The van der Waals surface area contributed by atoms with Gasteiger partial charge in [0.15, 0.2) is 17.5 Å². The van der Waals surface area contributed by atoms with Crippen molar-refractivity contribution < 1.29 is 13.2 Å². The van der Waals surface area contributed by atoms with Crippen LogP contribution in [0.3, 0.4) is 0 Å². The molecule has 0 radical (unpaired) electrons. The third-order valence-corrected chi connectivity index (χ3v) is 7.19. The lowest BCUT2D eigenvalue weighted by atomic mass is 9.68. The van der Waals surface area contributed by atoms with Gasteiger partial charge in [-0.1, -0.05) is 38.3 Å². The molecule has 2 aliphatic rings. The molecule has 1 aromatic rings. The number of allylic oxidation sites excluding steroid dienone is 2. The molecule has 2 fully saturated rings. The van der Waals surface area contributed by atoms with E-state index >= 15 is 0 Å². The Bertz CT molecular complexity index is 612. The number of hydrogen-bond donors (Lipinski definition) is 0. The van der Waals surface area contributed by atoms with Gasteiger partial charge in [-0.25, -0.2) is 13.2 Å². The van der Waals surface area contributed by atoms with Crippen LogP contribution in [0.2, 0.25) is 0 Å². The lowest BCUT2D eigenvalue weighted by molar-refractivity contribution is 0.156. The maximum Gasteiger partial charge on any atom is 0.194 e.